The van der Waals surface area contributed by atoms with Gasteiger partial charge in [-0.05, 0) is 104 Å². The Morgan fingerprint density at radius 1 is 0.810 bits per heavy atom. The first-order valence-corrected chi connectivity index (χ1v) is 14.9. The van der Waals surface area contributed by atoms with E-state index >= 15 is 0 Å². The standard InChI is InChI=1S/C31H51N7O4/c1-30(2,3)41-28(39)32-19-11-9-13-21-38(22-14-10-12-20-33-29(40)42-31(4,5)6)26-17-15-25(16-18-26)34-35-27-36(7)23-24-37(27)8/h15-18,23-24H,9-14,19-22H2,1-8H3,(H-,32,33,39,40)/p+1. The molecule has 2 amide bonds. The van der Waals surface area contributed by atoms with Crippen molar-refractivity contribution in [2.75, 3.05) is 31.1 Å². The number of alkyl carbamates (subject to hydrolysis) is 2. The Hall–Kier alpha value is -3.63. The zero-order valence-corrected chi connectivity index (χ0v) is 26.9. The summed E-state index contributed by atoms with van der Waals surface area (Å²) in [4.78, 5) is 26.1. The van der Waals surface area contributed by atoms with Crippen molar-refractivity contribution >= 4 is 29.5 Å². The van der Waals surface area contributed by atoms with E-state index < -0.39 is 11.2 Å². The Balaban J connectivity index is 1.87. The molecule has 1 heterocycles. The lowest BCUT2D eigenvalue weighted by atomic mass is 10.1. The van der Waals surface area contributed by atoms with Crippen molar-refractivity contribution in [3.8, 4) is 0 Å². The van der Waals surface area contributed by atoms with E-state index in [9.17, 15) is 9.59 Å². The molecule has 234 valence electrons. The van der Waals surface area contributed by atoms with Gasteiger partial charge in [-0.3, -0.25) is 0 Å². The zero-order chi connectivity index (χ0) is 31.2. The van der Waals surface area contributed by atoms with E-state index in [-0.39, 0.29) is 12.2 Å². The monoisotopic (exact) mass is 586 g/mol. The molecule has 0 radical (unpaired) electrons. The molecule has 1 aromatic heterocycles. The van der Waals surface area contributed by atoms with Gasteiger partial charge in [-0.2, -0.15) is 0 Å². The number of hydrogen-bond acceptors (Lipinski definition) is 7. The van der Waals surface area contributed by atoms with Gasteiger partial charge in [0, 0.05) is 37.0 Å². The van der Waals surface area contributed by atoms with Crippen LogP contribution in [0.15, 0.2) is 46.9 Å². The van der Waals surface area contributed by atoms with Crippen molar-refractivity contribution in [2.45, 2.75) is 91.3 Å². The number of ether oxygens (including phenoxy) is 2. The molecule has 2 aromatic rings. The Morgan fingerprint density at radius 3 is 1.74 bits per heavy atom. The van der Waals surface area contributed by atoms with Gasteiger partial charge in [0.1, 0.15) is 16.9 Å². The van der Waals surface area contributed by atoms with Crippen LogP contribution in [-0.4, -0.2) is 54.1 Å². The predicted molar refractivity (Wildman–Crippen MR) is 166 cm³/mol. The molecular weight excluding hydrogens is 534 g/mol. The van der Waals surface area contributed by atoms with Gasteiger partial charge in [0.15, 0.2) is 0 Å². The summed E-state index contributed by atoms with van der Waals surface area (Å²) in [6.07, 6.45) is 8.90. The van der Waals surface area contributed by atoms with Crippen molar-refractivity contribution in [1.82, 2.24) is 15.2 Å². The third-order valence-electron chi connectivity index (χ3n) is 6.16. The lowest BCUT2D eigenvalue weighted by Gasteiger charge is -2.25. The summed E-state index contributed by atoms with van der Waals surface area (Å²) in [5, 5.41) is 14.5. The number of hydrogen-bond donors (Lipinski definition) is 2. The average Bonchev–Trinajstić information content (AvgIpc) is 3.20. The average molecular weight is 587 g/mol. The number of nitrogens with zero attached hydrogens (tertiary/aromatic N) is 5. The summed E-state index contributed by atoms with van der Waals surface area (Å²) in [5.74, 6) is 0.767. The van der Waals surface area contributed by atoms with Gasteiger partial charge < -0.3 is 25.0 Å². The van der Waals surface area contributed by atoms with E-state index in [1.165, 1.54) is 0 Å². The smallest absolute Gasteiger partial charge is 0.421 e. The number of carbonyl (C=O) groups is 2. The highest BCUT2D eigenvalue weighted by atomic mass is 16.6. The first-order valence-electron chi connectivity index (χ1n) is 14.9. The van der Waals surface area contributed by atoms with Crippen LogP contribution in [0.4, 0.5) is 26.9 Å². The van der Waals surface area contributed by atoms with E-state index in [1.807, 2.05) is 89.3 Å². The molecule has 0 aliphatic heterocycles. The number of azo groups is 1. The van der Waals surface area contributed by atoms with E-state index in [0.717, 1.165) is 68.9 Å². The van der Waals surface area contributed by atoms with Gasteiger partial charge in [0.05, 0.1) is 26.5 Å². The minimum Gasteiger partial charge on any atom is -0.444 e. The molecule has 2 N–H and O–H groups in total. The molecule has 0 aliphatic rings. The number of aromatic nitrogens is 2. The quantitative estimate of drug-likeness (QED) is 0.141. The van der Waals surface area contributed by atoms with E-state index in [1.54, 1.807) is 0 Å². The maximum absolute atomic E-state index is 11.9. The van der Waals surface area contributed by atoms with Crippen LogP contribution in [0.3, 0.4) is 0 Å². The number of amides is 2. The molecule has 1 aromatic carbocycles. The fraction of sp³-hybridized carbons (Fsp3) is 0.645. The van der Waals surface area contributed by atoms with Gasteiger partial charge in [-0.15, -0.1) is 0 Å². The van der Waals surface area contributed by atoms with Crippen molar-refractivity contribution in [1.29, 1.82) is 0 Å². The van der Waals surface area contributed by atoms with Crippen LogP contribution in [0.2, 0.25) is 0 Å². The molecule has 0 bridgehead atoms. The van der Waals surface area contributed by atoms with Crippen molar-refractivity contribution in [3.63, 3.8) is 0 Å². The minimum atomic E-state index is -0.494. The predicted octanol–water partition coefficient (Wildman–Crippen LogP) is 6.46. The first-order chi connectivity index (χ1) is 19.7. The van der Waals surface area contributed by atoms with E-state index in [2.05, 4.69) is 37.9 Å². The van der Waals surface area contributed by atoms with Gasteiger partial charge in [0.25, 0.3) is 0 Å². The number of rotatable bonds is 15. The molecular formula is C31H52N7O4+. The lowest BCUT2D eigenvalue weighted by molar-refractivity contribution is -0.657. The number of benzene rings is 1. The highest BCUT2D eigenvalue weighted by Gasteiger charge is 2.16. The SMILES string of the molecule is Cn1cc[n+](C)c1/N=N/c1ccc(N(CCCCCNC(=O)OC(C)(C)C)CCCCCNC(=O)OC(C)(C)C)cc1. The molecule has 11 heteroatoms. The van der Waals surface area contributed by atoms with Gasteiger partial charge >= 0.3 is 18.1 Å². The molecule has 11 nitrogen and oxygen atoms in total. The molecule has 0 atom stereocenters. The van der Waals surface area contributed by atoms with Crippen molar-refractivity contribution in [2.24, 2.45) is 24.3 Å². The number of anilines is 1. The summed E-state index contributed by atoms with van der Waals surface area (Å²) >= 11 is 0. The molecule has 0 saturated carbocycles. The fourth-order valence-electron chi connectivity index (χ4n) is 4.14. The first kappa shape index (κ1) is 34.6. The molecule has 0 spiro atoms. The molecule has 0 saturated heterocycles. The summed E-state index contributed by atoms with van der Waals surface area (Å²) in [7, 11) is 3.88. The topological polar surface area (TPSA) is 113 Å². The van der Waals surface area contributed by atoms with E-state index in [4.69, 9.17) is 9.47 Å². The number of unbranched alkanes of at least 4 members (excludes halogenated alkanes) is 4. The largest absolute Gasteiger partial charge is 0.444 e. The normalized spacial score (nSPS) is 11.9. The van der Waals surface area contributed by atoms with Crippen LogP contribution in [0.1, 0.15) is 80.1 Å². The van der Waals surface area contributed by atoms with Crippen LogP contribution in [0, 0.1) is 0 Å². The van der Waals surface area contributed by atoms with Crippen LogP contribution in [0.5, 0.6) is 0 Å². The van der Waals surface area contributed by atoms with Crippen molar-refractivity contribution in [3.05, 3.63) is 36.7 Å². The summed E-state index contributed by atoms with van der Waals surface area (Å²) in [6, 6.07) is 8.16. The number of imidazole rings is 1. The number of aryl methyl sites for hydroxylation is 2. The highest BCUT2D eigenvalue weighted by Crippen LogP contribution is 2.22. The molecule has 0 aliphatic carbocycles. The molecule has 0 fully saturated rings. The second-order valence-corrected chi connectivity index (χ2v) is 12.5. The third kappa shape index (κ3) is 14.3. The summed E-state index contributed by atoms with van der Waals surface area (Å²) in [6.45, 7) is 14.2. The van der Waals surface area contributed by atoms with Gasteiger partial charge in [-0.1, -0.05) is 5.11 Å². The molecule has 2 rings (SSSR count). The van der Waals surface area contributed by atoms with Crippen LogP contribution >= 0.6 is 0 Å². The Morgan fingerprint density at radius 2 is 1.31 bits per heavy atom. The third-order valence-corrected chi connectivity index (χ3v) is 6.16. The number of carbonyl (C=O) groups excluding carboxylic acids is 2. The Bertz CT molecular complexity index is 1070. The number of nitrogens with one attached hydrogen (secondary N) is 2. The lowest BCUT2D eigenvalue weighted by Crippen LogP contribution is -2.33. The van der Waals surface area contributed by atoms with Crippen LogP contribution in [0.25, 0.3) is 0 Å². The van der Waals surface area contributed by atoms with Crippen LogP contribution in [-0.2, 0) is 23.6 Å². The van der Waals surface area contributed by atoms with Gasteiger partial charge in [-0.25, -0.2) is 18.7 Å². The highest BCUT2D eigenvalue weighted by molar-refractivity contribution is 5.67. The minimum absolute atomic E-state index is 0.372. The Kier molecular flexibility index (Phi) is 13.8. The second-order valence-electron chi connectivity index (χ2n) is 12.5. The maximum Gasteiger partial charge on any atom is 0.421 e. The van der Waals surface area contributed by atoms with E-state index in [0.29, 0.717) is 13.1 Å². The summed E-state index contributed by atoms with van der Waals surface area (Å²) < 4.78 is 14.4. The van der Waals surface area contributed by atoms with Crippen LogP contribution < -0.4 is 20.1 Å². The maximum atomic E-state index is 11.9. The van der Waals surface area contributed by atoms with Crippen molar-refractivity contribution < 1.29 is 23.6 Å². The zero-order valence-electron chi connectivity index (χ0n) is 26.9. The summed E-state index contributed by atoms with van der Waals surface area (Å²) in [5.41, 5.74) is 0.942. The Labute approximate surface area is 251 Å². The van der Waals surface area contributed by atoms with Gasteiger partial charge in [0.2, 0.25) is 0 Å². The second kappa shape index (κ2) is 16.7. The molecule has 0 unspecified atom stereocenters. The fourth-order valence-corrected chi connectivity index (χ4v) is 4.14. The molecule has 42 heavy (non-hydrogen) atoms.